The van der Waals surface area contributed by atoms with Gasteiger partial charge in [0.05, 0.1) is 40.0 Å². The van der Waals surface area contributed by atoms with Gasteiger partial charge in [-0.05, 0) is 51.1 Å². The minimum Gasteiger partial charge on any atom is -0.309 e. The van der Waals surface area contributed by atoms with Crippen molar-refractivity contribution in [2.75, 3.05) is 0 Å². The average Bonchev–Trinajstić information content (AvgIpc) is 3.50. The molecule has 0 N–H and O–H groups in total. The van der Waals surface area contributed by atoms with E-state index in [-0.39, 0.29) is 0 Å². The Hall–Kier alpha value is -6.46. The number of para-hydroxylation sites is 2. The van der Waals surface area contributed by atoms with E-state index >= 15 is 0 Å². The van der Waals surface area contributed by atoms with Crippen LogP contribution in [0.2, 0.25) is 0 Å². The molecular formula is C44H29N3Si. The molecule has 0 bridgehead atoms. The van der Waals surface area contributed by atoms with Gasteiger partial charge in [-0.25, -0.2) is 0 Å². The van der Waals surface area contributed by atoms with E-state index < -0.39 is 8.07 Å². The van der Waals surface area contributed by atoms with Crippen LogP contribution in [0, 0.1) is 22.7 Å². The van der Waals surface area contributed by atoms with Crippen molar-refractivity contribution < 1.29 is 0 Å². The number of hydrogen-bond donors (Lipinski definition) is 0. The highest BCUT2D eigenvalue weighted by molar-refractivity contribution is 7.19. The summed E-state index contributed by atoms with van der Waals surface area (Å²) < 4.78 is 2.23. The summed E-state index contributed by atoms with van der Waals surface area (Å²) in [6.45, 7) is 0. The Morgan fingerprint density at radius 1 is 0.417 bits per heavy atom. The average molecular weight is 628 g/mol. The summed E-state index contributed by atoms with van der Waals surface area (Å²) in [7, 11) is -2.82. The Balaban J connectivity index is 1.42. The summed E-state index contributed by atoms with van der Waals surface area (Å²) in [5, 5.41) is 28.0. The van der Waals surface area contributed by atoms with E-state index in [1.165, 1.54) is 15.6 Å². The first kappa shape index (κ1) is 29.0. The second-order valence-electron chi connectivity index (χ2n) is 11.9. The summed E-state index contributed by atoms with van der Waals surface area (Å²) in [5.74, 6) is 0. The van der Waals surface area contributed by atoms with Gasteiger partial charge in [0.25, 0.3) is 0 Å². The monoisotopic (exact) mass is 627 g/mol. The minimum atomic E-state index is -2.82. The third-order valence-corrected chi connectivity index (χ3v) is 14.2. The van der Waals surface area contributed by atoms with Crippen molar-refractivity contribution in [3.05, 3.63) is 187 Å². The predicted molar refractivity (Wildman–Crippen MR) is 199 cm³/mol. The quantitative estimate of drug-likeness (QED) is 0.141. The Kier molecular flexibility index (Phi) is 7.27. The Morgan fingerprint density at radius 2 is 0.896 bits per heavy atom. The van der Waals surface area contributed by atoms with E-state index in [9.17, 15) is 10.5 Å². The highest BCUT2D eigenvalue weighted by atomic mass is 28.3. The smallest absolute Gasteiger partial charge is 0.179 e. The molecule has 1 aromatic heterocycles. The van der Waals surface area contributed by atoms with Crippen LogP contribution in [-0.2, 0) is 0 Å². The molecule has 0 aliphatic heterocycles. The maximum atomic E-state index is 10.9. The molecule has 1 heterocycles. The molecule has 4 heteroatoms. The molecule has 0 amide bonds. The zero-order chi connectivity index (χ0) is 32.5. The van der Waals surface area contributed by atoms with Gasteiger partial charge in [0, 0.05) is 21.9 Å². The predicted octanol–water partition coefficient (Wildman–Crippen LogP) is 7.57. The zero-order valence-corrected chi connectivity index (χ0v) is 27.1. The van der Waals surface area contributed by atoms with E-state index in [0.717, 1.165) is 43.8 Å². The van der Waals surface area contributed by atoms with Crippen molar-refractivity contribution >= 4 is 50.6 Å². The minimum absolute atomic E-state index is 0.564. The van der Waals surface area contributed by atoms with E-state index in [1.54, 1.807) is 0 Å². The molecule has 0 saturated carbocycles. The lowest BCUT2D eigenvalue weighted by atomic mass is 9.97. The summed E-state index contributed by atoms with van der Waals surface area (Å²) in [6, 6.07) is 66.1. The third-order valence-electron chi connectivity index (χ3n) is 9.43. The van der Waals surface area contributed by atoms with Crippen molar-refractivity contribution in [2.24, 2.45) is 0 Å². The highest BCUT2D eigenvalue weighted by Gasteiger charge is 2.41. The third kappa shape index (κ3) is 4.55. The van der Waals surface area contributed by atoms with E-state index in [2.05, 4.69) is 162 Å². The summed E-state index contributed by atoms with van der Waals surface area (Å²) in [4.78, 5) is 0. The van der Waals surface area contributed by atoms with Crippen LogP contribution in [0.25, 0.3) is 38.6 Å². The van der Waals surface area contributed by atoms with Crippen LogP contribution in [-0.4, -0.2) is 12.6 Å². The van der Waals surface area contributed by atoms with Crippen LogP contribution in [0.15, 0.2) is 176 Å². The molecule has 0 aliphatic rings. The lowest BCUT2D eigenvalue weighted by Crippen LogP contribution is -2.74. The van der Waals surface area contributed by atoms with Crippen molar-refractivity contribution in [1.29, 1.82) is 10.5 Å². The number of benzene rings is 7. The zero-order valence-electron chi connectivity index (χ0n) is 26.1. The Bertz CT molecular complexity index is 2370. The Labute approximate surface area is 280 Å². The van der Waals surface area contributed by atoms with Gasteiger partial charge in [-0.2, -0.15) is 10.5 Å². The fraction of sp³-hybridized carbons (Fsp3) is 0. The second-order valence-corrected chi connectivity index (χ2v) is 15.7. The summed E-state index contributed by atoms with van der Waals surface area (Å²) >= 11 is 0. The van der Waals surface area contributed by atoms with Gasteiger partial charge in [0.1, 0.15) is 0 Å². The van der Waals surface area contributed by atoms with Crippen molar-refractivity contribution in [2.45, 2.75) is 0 Å². The number of hydrogen-bond acceptors (Lipinski definition) is 2. The maximum Gasteiger partial charge on any atom is 0.179 e. The number of nitriles is 2. The molecule has 0 radical (unpaired) electrons. The molecule has 7 aromatic carbocycles. The molecule has 8 rings (SSSR count). The van der Waals surface area contributed by atoms with Crippen LogP contribution in [0.3, 0.4) is 0 Å². The van der Waals surface area contributed by atoms with Gasteiger partial charge >= 0.3 is 0 Å². The van der Waals surface area contributed by atoms with Crippen molar-refractivity contribution in [3.63, 3.8) is 0 Å². The molecule has 0 fully saturated rings. The molecule has 224 valence electrons. The first-order valence-corrected chi connectivity index (χ1v) is 18.0. The molecule has 0 unspecified atom stereocenters. The number of fused-ring (bicyclic) bond motifs is 3. The molecule has 48 heavy (non-hydrogen) atoms. The number of aromatic nitrogens is 1. The van der Waals surface area contributed by atoms with Crippen LogP contribution < -0.4 is 20.7 Å². The second kappa shape index (κ2) is 12.0. The lowest BCUT2D eigenvalue weighted by molar-refractivity contribution is 1.18. The van der Waals surface area contributed by atoms with Crippen LogP contribution in [0.4, 0.5) is 0 Å². The van der Waals surface area contributed by atoms with Gasteiger partial charge in [-0.3, -0.25) is 0 Å². The molecule has 0 atom stereocenters. The summed E-state index contributed by atoms with van der Waals surface area (Å²) in [6.07, 6.45) is 0. The first-order chi connectivity index (χ1) is 23.7. The fourth-order valence-corrected chi connectivity index (χ4v) is 12.1. The number of rotatable bonds is 6. The molecule has 8 aromatic rings. The summed E-state index contributed by atoms with van der Waals surface area (Å²) in [5.41, 5.74) is 5.86. The van der Waals surface area contributed by atoms with E-state index in [4.69, 9.17) is 0 Å². The highest BCUT2D eigenvalue weighted by Crippen LogP contribution is 2.37. The molecular weight excluding hydrogens is 599 g/mol. The first-order valence-electron chi connectivity index (χ1n) is 16.0. The van der Waals surface area contributed by atoms with Crippen LogP contribution in [0.5, 0.6) is 0 Å². The van der Waals surface area contributed by atoms with Gasteiger partial charge in [0.2, 0.25) is 0 Å². The van der Waals surface area contributed by atoms with Gasteiger partial charge in [0.15, 0.2) is 8.07 Å². The van der Waals surface area contributed by atoms with Crippen molar-refractivity contribution in [3.8, 4) is 29.0 Å². The SMILES string of the molecule is N#Cc1ccc(-c2ccc([Si](c3ccccc3)(c3ccccc3)c3ccccc3)cc2C#N)c(-n2c3ccccc3c3ccccc32)c1. The van der Waals surface area contributed by atoms with Gasteiger partial charge < -0.3 is 4.57 Å². The fourth-order valence-electron chi connectivity index (χ4n) is 7.37. The van der Waals surface area contributed by atoms with E-state index in [1.807, 2.05) is 30.3 Å². The normalized spacial score (nSPS) is 11.3. The van der Waals surface area contributed by atoms with Gasteiger partial charge in [-0.1, -0.05) is 146 Å². The largest absolute Gasteiger partial charge is 0.309 e. The van der Waals surface area contributed by atoms with Gasteiger partial charge in [-0.15, -0.1) is 0 Å². The van der Waals surface area contributed by atoms with Crippen LogP contribution in [0.1, 0.15) is 11.1 Å². The standard InChI is InChI=1S/C44H29N3Si/c45-30-32-24-26-41(44(28-32)47-42-22-12-10-20-39(42)40-21-11-13-23-43(40)47)38-27-25-37(29-33(38)31-46)48(34-14-4-1-5-15-34,35-16-6-2-7-17-35)36-18-8-3-9-19-36/h1-29H. The maximum absolute atomic E-state index is 10.9. The Morgan fingerprint density at radius 3 is 1.40 bits per heavy atom. The molecule has 3 nitrogen and oxygen atoms in total. The molecule has 0 aliphatic carbocycles. The number of nitrogens with zero attached hydrogens (tertiary/aromatic N) is 3. The lowest BCUT2D eigenvalue weighted by Gasteiger charge is -2.34. The molecule has 0 saturated heterocycles. The van der Waals surface area contributed by atoms with Crippen LogP contribution >= 0.6 is 0 Å². The topological polar surface area (TPSA) is 52.5 Å². The van der Waals surface area contributed by atoms with E-state index in [0.29, 0.717) is 11.1 Å². The molecule has 0 spiro atoms. The van der Waals surface area contributed by atoms with Crippen molar-refractivity contribution in [1.82, 2.24) is 4.57 Å².